The summed E-state index contributed by atoms with van der Waals surface area (Å²) in [6.45, 7) is 1.80. The molecule has 3 rings (SSSR count). The molecule has 1 aliphatic rings. The van der Waals surface area contributed by atoms with E-state index in [-0.39, 0.29) is 18.0 Å². The quantitative estimate of drug-likeness (QED) is 0.799. The molecule has 0 bridgehead atoms. The highest BCUT2D eigenvalue weighted by Gasteiger charge is 2.75. The zero-order valence-corrected chi connectivity index (χ0v) is 14.8. The number of ether oxygens (including phenoxy) is 1. The third kappa shape index (κ3) is 2.75. The molecule has 3 atom stereocenters. The minimum Gasteiger partial charge on any atom is -0.465 e. The molecular formula is C19H21NO4S. The lowest BCUT2D eigenvalue weighted by atomic mass is 9.99. The lowest BCUT2D eigenvalue weighted by molar-refractivity contribution is -0.149. The molecule has 2 N–H and O–H groups in total. The van der Waals surface area contributed by atoms with Crippen LogP contribution in [0.1, 0.15) is 18.4 Å². The molecular weight excluding hydrogens is 338 g/mol. The number of carbonyl (C=O) groups is 1. The normalized spacial score (nSPS) is 25.4. The average Bonchev–Trinajstić information content (AvgIpc) is 3.35. The molecule has 0 heterocycles. The number of benzene rings is 2. The summed E-state index contributed by atoms with van der Waals surface area (Å²) in [7, 11) is -3.73. The van der Waals surface area contributed by atoms with Crippen molar-refractivity contribution in [1.29, 1.82) is 0 Å². The third-order valence-electron chi connectivity index (χ3n) is 4.81. The van der Waals surface area contributed by atoms with Crippen molar-refractivity contribution in [3.8, 4) is 0 Å². The van der Waals surface area contributed by atoms with Gasteiger partial charge in [0.1, 0.15) is 5.41 Å². The molecule has 1 aliphatic carbocycles. The van der Waals surface area contributed by atoms with E-state index in [9.17, 15) is 13.2 Å². The molecule has 1 saturated carbocycles. The number of hydrogen-bond donors (Lipinski definition) is 1. The fraction of sp³-hybridized carbons (Fsp3) is 0.316. The molecule has 2 aromatic carbocycles. The molecule has 25 heavy (non-hydrogen) atoms. The summed E-state index contributed by atoms with van der Waals surface area (Å²) in [5.74, 6) is -1.06. The van der Waals surface area contributed by atoms with Gasteiger partial charge in [0.25, 0.3) is 0 Å². The van der Waals surface area contributed by atoms with Gasteiger partial charge in [0.2, 0.25) is 0 Å². The Morgan fingerprint density at radius 3 is 2.16 bits per heavy atom. The van der Waals surface area contributed by atoms with E-state index in [0.29, 0.717) is 0 Å². The Kier molecular flexibility index (Phi) is 4.67. The van der Waals surface area contributed by atoms with E-state index in [1.165, 1.54) is 0 Å². The Labute approximate surface area is 147 Å². The van der Waals surface area contributed by atoms with Crippen LogP contribution in [0, 0.1) is 5.41 Å². The number of carbonyl (C=O) groups excluding carboxylic acids is 1. The number of hydrogen-bond acceptors (Lipinski definition) is 5. The van der Waals surface area contributed by atoms with Crippen LogP contribution in [-0.2, 0) is 19.4 Å². The maximum Gasteiger partial charge on any atom is 0.315 e. The zero-order chi connectivity index (χ0) is 18.1. The van der Waals surface area contributed by atoms with Crippen LogP contribution in [0.4, 0.5) is 0 Å². The van der Waals surface area contributed by atoms with Gasteiger partial charge < -0.3 is 10.5 Å². The summed E-state index contributed by atoms with van der Waals surface area (Å²) in [6.07, 6.45) is 0. The summed E-state index contributed by atoms with van der Waals surface area (Å²) < 4.78 is 31.6. The van der Waals surface area contributed by atoms with Gasteiger partial charge in [-0.3, -0.25) is 4.79 Å². The minimum atomic E-state index is -3.73. The molecule has 0 spiro atoms. The van der Waals surface area contributed by atoms with Gasteiger partial charge >= 0.3 is 5.97 Å². The summed E-state index contributed by atoms with van der Waals surface area (Å²) in [6, 6.07) is 17.3. The standard InChI is InChI=1S/C19H21NO4S/c1-2-24-18(21)19(13-20)16(14-9-5-3-6-10-14)17(19)25(22,23)15-11-7-4-8-12-15/h3-12,16-17H,2,13,20H2,1H3/t16-,17-,19-/m1/s1. The molecule has 2 aromatic rings. The Bertz CT molecular complexity index is 852. The number of sulfone groups is 1. The van der Waals surface area contributed by atoms with Crippen molar-refractivity contribution in [1.82, 2.24) is 0 Å². The van der Waals surface area contributed by atoms with Crippen LogP contribution < -0.4 is 5.73 Å². The molecule has 0 aliphatic heterocycles. The lowest BCUT2D eigenvalue weighted by Crippen LogP contribution is -2.33. The summed E-state index contributed by atoms with van der Waals surface area (Å²) >= 11 is 0. The maximum absolute atomic E-state index is 13.2. The lowest BCUT2D eigenvalue weighted by Gasteiger charge is -2.14. The highest BCUT2D eigenvalue weighted by Crippen LogP contribution is 2.64. The van der Waals surface area contributed by atoms with Crippen molar-refractivity contribution < 1.29 is 17.9 Å². The van der Waals surface area contributed by atoms with Gasteiger partial charge in [-0.05, 0) is 24.6 Å². The fourth-order valence-electron chi connectivity index (χ4n) is 3.59. The largest absolute Gasteiger partial charge is 0.465 e. The first-order chi connectivity index (χ1) is 12.0. The van der Waals surface area contributed by atoms with Gasteiger partial charge in [0.05, 0.1) is 16.8 Å². The molecule has 0 amide bonds. The second kappa shape index (κ2) is 6.61. The number of nitrogens with two attached hydrogens (primary N) is 1. The Balaban J connectivity index is 2.11. The molecule has 132 valence electrons. The van der Waals surface area contributed by atoms with E-state index in [1.807, 2.05) is 30.3 Å². The van der Waals surface area contributed by atoms with Crippen molar-refractivity contribution >= 4 is 15.8 Å². The number of esters is 1. The average molecular weight is 359 g/mol. The van der Waals surface area contributed by atoms with Crippen LogP contribution >= 0.6 is 0 Å². The van der Waals surface area contributed by atoms with Crippen molar-refractivity contribution in [3.63, 3.8) is 0 Å². The van der Waals surface area contributed by atoms with Crippen LogP contribution in [-0.4, -0.2) is 32.8 Å². The summed E-state index contributed by atoms with van der Waals surface area (Å²) in [5, 5.41) is -0.922. The smallest absolute Gasteiger partial charge is 0.315 e. The van der Waals surface area contributed by atoms with Gasteiger partial charge in [0.15, 0.2) is 9.84 Å². The first kappa shape index (κ1) is 17.6. The first-order valence-corrected chi connectivity index (χ1v) is 9.76. The van der Waals surface area contributed by atoms with Crippen molar-refractivity contribution in [2.24, 2.45) is 11.1 Å². The van der Waals surface area contributed by atoms with E-state index in [4.69, 9.17) is 10.5 Å². The summed E-state index contributed by atoms with van der Waals surface area (Å²) in [5.41, 5.74) is 5.47. The van der Waals surface area contributed by atoms with E-state index in [0.717, 1.165) is 5.56 Å². The second-order valence-electron chi connectivity index (χ2n) is 6.13. The van der Waals surface area contributed by atoms with E-state index in [1.54, 1.807) is 37.3 Å². The Hall–Kier alpha value is -2.18. The SMILES string of the molecule is CCOC(=O)[C@]1(CN)[C@H](c2ccccc2)[C@H]1S(=O)(=O)c1ccccc1. The van der Waals surface area contributed by atoms with Gasteiger partial charge in [-0.25, -0.2) is 8.42 Å². The monoisotopic (exact) mass is 359 g/mol. The van der Waals surface area contributed by atoms with Crippen LogP contribution in [0.5, 0.6) is 0 Å². The van der Waals surface area contributed by atoms with Crippen molar-refractivity contribution in [2.45, 2.75) is 23.0 Å². The van der Waals surface area contributed by atoms with E-state index in [2.05, 4.69) is 0 Å². The highest BCUT2D eigenvalue weighted by molar-refractivity contribution is 7.92. The minimum absolute atomic E-state index is 0.0812. The molecule has 0 unspecified atom stereocenters. The van der Waals surface area contributed by atoms with Crippen LogP contribution in [0.2, 0.25) is 0 Å². The molecule has 5 nitrogen and oxygen atoms in total. The third-order valence-corrected chi connectivity index (χ3v) is 7.10. The van der Waals surface area contributed by atoms with Crippen LogP contribution in [0.15, 0.2) is 65.6 Å². The maximum atomic E-state index is 13.2. The predicted molar refractivity (Wildman–Crippen MR) is 94.7 cm³/mol. The molecule has 6 heteroatoms. The Morgan fingerprint density at radius 2 is 1.64 bits per heavy atom. The zero-order valence-electron chi connectivity index (χ0n) is 14.0. The first-order valence-electron chi connectivity index (χ1n) is 8.21. The summed E-state index contributed by atoms with van der Waals surface area (Å²) in [4.78, 5) is 12.9. The van der Waals surface area contributed by atoms with E-state index < -0.39 is 32.4 Å². The molecule has 0 aromatic heterocycles. The fourth-order valence-corrected chi connectivity index (χ4v) is 5.99. The van der Waals surface area contributed by atoms with Crippen molar-refractivity contribution in [2.75, 3.05) is 13.2 Å². The number of rotatable bonds is 6. The van der Waals surface area contributed by atoms with Gasteiger partial charge in [-0.15, -0.1) is 0 Å². The molecule has 0 radical (unpaired) electrons. The van der Waals surface area contributed by atoms with Crippen LogP contribution in [0.3, 0.4) is 0 Å². The van der Waals surface area contributed by atoms with Gasteiger partial charge in [-0.1, -0.05) is 48.5 Å². The van der Waals surface area contributed by atoms with Gasteiger partial charge in [-0.2, -0.15) is 0 Å². The highest BCUT2D eigenvalue weighted by atomic mass is 32.2. The van der Waals surface area contributed by atoms with Crippen LogP contribution in [0.25, 0.3) is 0 Å². The molecule has 0 saturated heterocycles. The Morgan fingerprint density at radius 1 is 1.08 bits per heavy atom. The molecule has 1 fully saturated rings. The van der Waals surface area contributed by atoms with Crippen molar-refractivity contribution in [3.05, 3.63) is 66.2 Å². The predicted octanol–water partition coefficient (Wildman–Crippen LogP) is 2.13. The topological polar surface area (TPSA) is 86.5 Å². The van der Waals surface area contributed by atoms with E-state index >= 15 is 0 Å². The van der Waals surface area contributed by atoms with Gasteiger partial charge in [0, 0.05) is 12.5 Å². The second-order valence-corrected chi connectivity index (χ2v) is 8.20.